The molecule has 4 rings (SSSR count). The number of amides is 2. The lowest BCUT2D eigenvalue weighted by Gasteiger charge is -2.28. The van der Waals surface area contributed by atoms with Gasteiger partial charge in [-0.05, 0) is 41.7 Å². The molecule has 2 amide bonds. The third-order valence-corrected chi connectivity index (χ3v) is 7.53. The van der Waals surface area contributed by atoms with Crippen molar-refractivity contribution in [3.8, 4) is 11.1 Å². The highest BCUT2D eigenvalue weighted by atomic mass is 16.6. The van der Waals surface area contributed by atoms with Crippen molar-refractivity contribution in [1.82, 2.24) is 10.2 Å². The average Bonchev–Trinajstić information content (AvgIpc) is 3.34. The fraction of sp³-hybridized carbons (Fsp3) is 0.314. The Labute approximate surface area is 257 Å². The smallest absolute Gasteiger partial charge is 0.407 e. The zero-order valence-electron chi connectivity index (χ0n) is 25.3. The van der Waals surface area contributed by atoms with Crippen LogP contribution in [0.1, 0.15) is 49.3 Å². The minimum Gasteiger partial charge on any atom is -0.461 e. The van der Waals surface area contributed by atoms with E-state index in [-0.39, 0.29) is 32.1 Å². The fourth-order valence-electron chi connectivity index (χ4n) is 5.23. The van der Waals surface area contributed by atoms with E-state index in [1.165, 1.54) is 18.0 Å². The lowest BCUT2D eigenvalue weighted by molar-refractivity contribution is -0.159. The summed E-state index contributed by atoms with van der Waals surface area (Å²) in [5.41, 5.74) is 4.06. The van der Waals surface area contributed by atoms with Crippen LogP contribution in [0.2, 0.25) is 0 Å². The molecule has 0 saturated carbocycles. The van der Waals surface area contributed by atoms with Crippen LogP contribution in [0.15, 0.2) is 91.5 Å². The third-order valence-electron chi connectivity index (χ3n) is 7.53. The second-order valence-corrected chi connectivity index (χ2v) is 11.1. The van der Waals surface area contributed by atoms with Gasteiger partial charge in [-0.1, -0.05) is 91.5 Å². The van der Waals surface area contributed by atoms with Gasteiger partial charge in [-0.15, -0.1) is 0 Å². The van der Waals surface area contributed by atoms with Crippen LogP contribution in [-0.2, 0) is 34.2 Å². The summed E-state index contributed by atoms with van der Waals surface area (Å²) < 4.78 is 16.4. The Morgan fingerprint density at radius 3 is 2.09 bits per heavy atom. The zero-order chi connectivity index (χ0) is 31.7. The molecule has 0 unspecified atom stereocenters. The lowest BCUT2D eigenvalue weighted by atomic mass is 9.98. The molecular formula is C35H38N2O7. The van der Waals surface area contributed by atoms with Crippen LogP contribution < -0.4 is 5.32 Å². The molecule has 1 atom stereocenters. The monoisotopic (exact) mass is 598 g/mol. The van der Waals surface area contributed by atoms with E-state index in [1.807, 2.05) is 78.9 Å². The van der Waals surface area contributed by atoms with Gasteiger partial charge in [0.05, 0.1) is 12.8 Å². The first-order chi connectivity index (χ1) is 21.1. The van der Waals surface area contributed by atoms with Gasteiger partial charge in [-0.2, -0.15) is 0 Å². The van der Waals surface area contributed by atoms with E-state index >= 15 is 0 Å². The van der Waals surface area contributed by atoms with Crippen molar-refractivity contribution < 1.29 is 33.4 Å². The minimum absolute atomic E-state index is 0.0161. The largest absolute Gasteiger partial charge is 0.461 e. The van der Waals surface area contributed by atoms with Crippen molar-refractivity contribution in [2.75, 3.05) is 26.8 Å². The highest BCUT2D eigenvalue weighted by molar-refractivity contribution is 5.90. The van der Waals surface area contributed by atoms with Crippen LogP contribution in [0.25, 0.3) is 11.1 Å². The molecule has 0 saturated heterocycles. The Morgan fingerprint density at radius 2 is 1.48 bits per heavy atom. The number of nitrogens with one attached hydrogen (secondary N) is 1. The van der Waals surface area contributed by atoms with Crippen LogP contribution in [0.3, 0.4) is 0 Å². The molecular weight excluding hydrogens is 560 g/mol. The molecule has 0 bridgehead atoms. The van der Waals surface area contributed by atoms with Crippen molar-refractivity contribution >= 4 is 23.9 Å². The summed E-state index contributed by atoms with van der Waals surface area (Å²) in [5, 5.41) is 2.57. The van der Waals surface area contributed by atoms with E-state index in [0.29, 0.717) is 0 Å². The molecule has 44 heavy (non-hydrogen) atoms. The van der Waals surface area contributed by atoms with E-state index in [9.17, 15) is 19.2 Å². The van der Waals surface area contributed by atoms with Crippen LogP contribution >= 0.6 is 0 Å². The predicted molar refractivity (Wildman–Crippen MR) is 166 cm³/mol. The number of carbonyl (C=O) groups is 4. The maximum atomic E-state index is 13.4. The maximum Gasteiger partial charge on any atom is 0.407 e. The number of likely N-dealkylation sites (N-methyl/N-ethyl adjacent to an activating group) is 1. The van der Waals surface area contributed by atoms with Crippen molar-refractivity contribution in [2.24, 2.45) is 0 Å². The van der Waals surface area contributed by atoms with E-state index in [2.05, 4.69) is 11.9 Å². The van der Waals surface area contributed by atoms with E-state index in [0.717, 1.165) is 27.8 Å². The molecule has 0 aromatic heterocycles. The number of nitrogens with zero attached hydrogens (tertiary/aromatic N) is 1. The number of hydrogen-bond acceptors (Lipinski definition) is 7. The normalized spacial score (nSPS) is 12.7. The predicted octanol–water partition coefficient (Wildman–Crippen LogP) is 5.34. The molecule has 1 aliphatic carbocycles. The maximum absolute atomic E-state index is 13.4. The molecule has 3 aromatic carbocycles. The van der Waals surface area contributed by atoms with Gasteiger partial charge in [-0.3, -0.25) is 14.4 Å². The molecule has 9 nitrogen and oxygen atoms in total. The SMILES string of the molecule is C=CCOC(=O)CCN(C)C(=O)[C@H](CC(=O)OC(C)(C)c1ccccc1)NC(=O)OCC1c2ccccc2-c2ccccc21. The number of ether oxygens (including phenoxy) is 3. The molecule has 1 aliphatic rings. The number of benzene rings is 3. The first kappa shape index (κ1) is 32.0. The Balaban J connectivity index is 1.44. The zero-order valence-corrected chi connectivity index (χ0v) is 25.3. The van der Waals surface area contributed by atoms with Crippen LogP contribution in [-0.4, -0.2) is 61.7 Å². The van der Waals surface area contributed by atoms with Crippen LogP contribution in [0.5, 0.6) is 0 Å². The summed E-state index contributed by atoms with van der Waals surface area (Å²) in [5.74, 6) is -1.95. The Hall–Kier alpha value is -4.92. The first-order valence-electron chi connectivity index (χ1n) is 14.5. The van der Waals surface area contributed by atoms with E-state index in [1.54, 1.807) is 13.8 Å². The summed E-state index contributed by atoms with van der Waals surface area (Å²) in [7, 11) is 1.48. The van der Waals surface area contributed by atoms with Gasteiger partial charge < -0.3 is 24.4 Å². The number of carbonyl (C=O) groups excluding carboxylic acids is 4. The number of hydrogen-bond donors (Lipinski definition) is 1. The molecule has 0 spiro atoms. The number of esters is 2. The van der Waals surface area contributed by atoms with Crippen molar-refractivity contribution in [3.63, 3.8) is 0 Å². The molecule has 0 aliphatic heterocycles. The van der Waals surface area contributed by atoms with E-state index < -0.39 is 42.0 Å². The minimum atomic E-state index is -1.29. The molecule has 0 fully saturated rings. The summed E-state index contributed by atoms with van der Waals surface area (Å²) in [6, 6.07) is 23.8. The number of alkyl carbamates (subject to hydrolysis) is 1. The van der Waals surface area contributed by atoms with Gasteiger partial charge in [0.25, 0.3) is 0 Å². The lowest BCUT2D eigenvalue weighted by Crippen LogP contribution is -2.49. The van der Waals surface area contributed by atoms with Gasteiger partial charge >= 0.3 is 18.0 Å². The molecule has 1 N–H and O–H groups in total. The van der Waals surface area contributed by atoms with Crippen molar-refractivity contribution in [1.29, 1.82) is 0 Å². The van der Waals surface area contributed by atoms with Crippen LogP contribution in [0.4, 0.5) is 4.79 Å². The highest BCUT2D eigenvalue weighted by Gasteiger charge is 2.33. The van der Waals surface area contributed by atoms with Crippen molar-refractivity contribution in [2.45, 2.75) is 44.2 Å². The van der Waals surface area contributed by atoms with Gasteiger partial charge in [-0.25, -0.2) is 4.79 Å². The average molecular weight is 599 g/mol. The van der Waals surface area contributed by atoms with E-state index in [4.69, 9.17) is 14.2 Å². The summed E-state index contributed by atoms with van der Waals surface area (Å²) >= 11 is 0. The van der Waals surface area contributed by atoms with Gasteiger partial charge in [0.15, 0.2) is 0 Å². The van der Waals surface area contributed by atoms with Crippen LogP contribution in [0, 0.1) is 0 Å². The second-order valence-electron chi connectivity index (χ2n) is 11.1. The second kappa shape index (κ2) is 14.5. The number of rotatable bonds is 13. The highest BCUT2D eigenvalue weighted by Crippen LogP contribution is 2.44. The molecule has 3 aromatic rings. The van der Waals surface area contributed by atoms with Crippen molar-refractivity contribution in [3.05, 3.63) is 108 Å². The quantitative estimate of drug-likeness (QED) is 0.161. The molecule has 0 heterocycles. The summed E-state index contributed by atoms with van der Waals surface area (Å²) in [4.78, 5) is 52.9. The topological polar surface area (TPSA) is 111 Å². The summed E-state index contributed by atoms with van der Waals surface area (Å²) in [6.07, 6.45) is 0.0899. The Bertz CT molecular complexity index is 1460. The van der Waals surface area contributed by atoms with Gasteiger partial charge in [0, 0.05) is 19.5 Å². The first-order valence-corrected chi connectivity index (χ1v) is 14.5. The Kier molecular flexibility index (Phi) is 10.6. The third kappa shape index (κ3) is 7.92. The summed E-state index contributed by atoms with van der Waals surface area (Å²) in [6.45, 7) is 7.11. The molecule has 230 valence electrons. The van der Waals surface area contributed by atoms with Gasteiger partial charge in [0.1, 0.15) is 24.9 Å². The molecule has 0 radical (unpaired) electrons. The molecule has 9 heteroatoms. The Morgan fingerprint density at radius 1 is 0.886 bits per heavy atom. The standard InChI is InChI=1S/C35H38N2O7/c1-5-21-42-31(38)19-20-37(4)33(40)30(22-32(39)44-35(2,3)24-13-7-6-8-14-24)36-34(41)43-23-29-27-17-11-9-15-25(27)26-16-10-12-18-28(26)29/h5-18,29-30H,1,19-23H2,2-4H3,(H,36,41)/t30-/m0/s1. The number of fused-ring (bicyclic) bond motifs is 3. The van der Waals surface area contributed by atoms with Gasteiger partial charge in [0.2, 0.25) is 5.91 Å². The fourth-order valence-corrected chi connectivity index (χ4v) is 5.23.